The number of para-hydroxylation sites is 1. The highest BCUT2D eigenvalue weighted by atomic mass is 16.5. The maximum absolute atomic E-state index is 14.3. The van der Waals surface area contributed by atoms with E-state index in [9.17, 15) is 14.4 Å². The van der Waals surface area contributed by atoms with Gasteiger partial charge in [0.1, 0.15) is 17.4 Å². The number of benzene rings is 1. The Morgan fingerprint density at radius 2 is 1.71 bits per heavy atom. The van der Waals surface area contributed by atoms with Crippen molar-refractivity contribution in [3.63, 3.8) is 0 Å². The molecule has 1 fully saturated rings. The zero-order valence-electron chi connectivity index (χ0n) is 24.0. The van der Waals surface area contributed by atoms with Crippen molar-refractivity contribution in [3.05, 3.63) is 75.2 Å². The number of aromatic nitrogens is 6. The molecule has 4 aromatic rings. The molecule has 3 aromatic heterocycles. The van der Waals surface area contributed by atoms with Gasteiger partial charge in [-0.05, 0) is 58.7 Å². The van der Waals surface area contributed by atoms with E-state index in [0.29, 0.717) is 30.2 Å². The van der Waals surface area contributed by atoms with Gasteiger partial charge in [0.2, 0.25) is 5.91 Å². The van der Waals surface area contributed by atoms with E-state index in [2.05, 4.69) is 15.2 Å². The summed E-state index contributed by atoms with van der Waals surface area (Å²) in [6.07, 6.45) is 3.99. The molecular weight excluding hydrogens is 526 g/mol. The van der Waals surface area contributed by atoms with E-state index in [-0.39, 0.29) is 24.1 Å². The van der Waals surface area contributed by atoms with Gasteiger partial charge in [-0.3, -0.25) is 14.2 Å². The lowest BCUT2D eigenvalue weighted by Crippen LogP contribution is -2.56. The van der Waals surface area contributed by atoms with Gasteiger partial charge in [0.25, 0.3) is 5.56 Å². The van der Waals surface area contributed by atoms with Gasteiger partial charge < -0.3 is 14.4 Å². The molecule has 1 aliphatic heterocycles. The lowest BCUT2D eigenvalue weighted by molar-refractivity contribution is -0.138. The molecule has 0 spiro atoms. The third-order valence-electron chi connectivity index (χ3n) is 7.35. The fourth-order valence-electron chi connectivity index (χ4n) is 5.39. The summed E-state index contributed by atoms with van der Waals surface area (Å²) in [6.45, 7) is 8.25. The van der Waals surface area contributed by atoms with Crippen LogP contribution >= 0.6 is 0 Å². The highest BCUT2D eigenvalue weighted by Crippen LogP contribution is 2.30. The van der Waals surface area contributed by atoms with Crippen LogP contribution in [0.2, 0.25) is 0 Å². The van der Waals surface area contributed by atoms with Gasteiger partial charge in [-0.1, -0.05) is 18.2 Å². The molecule has 0 aliphatic carbocycles. The molecule has 4 heterocycles. The summed E-state index contributed by atoms with van der Waals surface area (Å²) < 4.78 is 14.4. The van der Waals surface area contributed by atoms with E-state index < -0.39 is 22.9 Å². The average Bonchev–Trinajstić information content (AvgIpc) is 3.69. The van der Waals surface area contributed by atoms with Gasteiger partial charge in [0, 0.05) is 18.7 Å². The Balaban J connectivity index is 1.75. The number of carbonyl (C=O) groups is 1. The maximum Gasteiger partial charge on any atom is 0.332 e. The molecule has 41 heavy (non-hydrogen) atoms. The number of carbonyl (C=O) groups excluding carboxylic acids is 1. The number of fused-ring (bicyclic) bond motifs is 1. The van der Waals surface area contributed by atoms with Crippen LogP contribution in [0.3, 0.4) is 0 Å². The summed E-state index contributed by atoms with van der Waals surface area (Å²) in [5.74, 6) is 0.628. The third-order valence-corrected chi connectivity index (χ3v) is 7.35. The fraction of sp³-hybridized carbons (Fsp3) is 0.448. The second-order valence-corrected chi connectivity index (χ2v) is 10.9. The van der Waals surface area contributed by atoms with E-state index in [1.54, 1.807) is 38.0 Å². The van der Waals surface area contributed by atoms with E-state index in [1.165, 1.54) is 21.8 Å². The van der Waals surface area contributed by atoms with Crippen LogP contribution in [0.4, 0.5) is 0 Å². The first-order valence-corrected chi connectivity index (χ1v) is 13.7. The lowest BCUT2D eigenvalue weighted by atomic mass is 10.0. The minimum absolute atomic E-state index is 0.0185. The number of amides is 1. The molecule has 5 rings (SSSR count). The van der Waals surface area contributed by atoms with Crippen molar-refractivity contribution in [3.8, 4) is 11.6 Å². The van der Waals surface area contributed by atoms with Crippen molar-refractivity contribution in [1.29, 1.82) is 0 Å². The largest absolute Gasteiger partial charge is 0.496 e. The predicted octanol–water partition coefficient (Wildman–Crippen LogP) is 2.67. The summed E-state index contributed by atoms with van der Waals surface area (Å²) in [5, 5.41) is 8.25. The summed E-state index contributed by atoms with van der Waals surface area (Å²) in [4.78, 5) is 49.6. The first-order valence-electron chi connectivity index (χ1n) is 13.7. The van der Waals surface area contributed by atoms with Crippen LogP contribution < -0.4 is 16.0 Å². The van der Waals surface area contributed by atoms with Crippen LogP contribution in [0.5, 0.6) is 5.75 Å². The zero-order chi connectivity index (χ0) is 29.3. The van der Waals surface area contributed by atoms with Crippen LogP contribution in [0.15, 0.2) is 58.4 Å². The molecule has 0 radical (unpaired) electrons. The monoisotopic (exact) mass is 561 g/mol. The standard InChI is InChI=1S/C29H35N7O5/c1-19(2)41-23(20-10-6-7-11-22(20)40-5)18-34-21-12-13-24(36-30-14-15-31-36)32-25(21)26(37)35(28(34)39)29(3,4)27(38)33-16-8-9-17-33/h6-7,10-15,19,23H,8-9,16-18H2,1-5H3/t23-/m0/s1. The fourth-order valence-corrected chi connectivity index (χ4v) is 5.39. The number of hydrogen-bond acceptors (Lipinski definition) is 8. The minimum atomic E-state index is -1.46. The average molecular weight is 562 g/mol. The van der Waals surface area contributed by atoms with E-state index >= 15 is 0 Å². The Bertz CT molecular complexity index is 1670. The van der Waals surface area contributed by atoms with Crippen molar-refractivity contribution < 1.29 is 14.3 Å². The highest BCUT2D eigenvalue weighted by Gasteiger charge is 2.39. The molecule has 216 valence electrons. The number of rotatable bonds is 9. The Labute approximate surface area is 237 Å². The van der Waals surface area contributed by atoms with E-state index in [1.807, 2.05) is 38.1 Å². The van der Waals surface area contributed by atoms with E-state index in [4.69, 9.17) is 9.47 Å². The maximum atomic E-state index is 14.3. The Kier molecular flexibility index (Phi) is 7.76. The molecule has 12 heteroatoms. The summed E-state index contributed by atoms with van der Waals surface area (Å²) in [6, 6.07) is 10.7. The number of nitrogens with zero attached hydrogens (tertiary/aromatic N) is 7. The molecule has 0 bridgehead atoms. The molecule has 1 aliphatic rings. The van der Waals surface area contributed by atoms with Crippen LogP contribution in [-0.2, 0) is 21.6 Å². The van der Waals surface area contributed by atoms with Crippen molar-refractivity contribution >= 4 is 16.9 Å². The van der Waals surface area contributed by atoms with Crippen molar-refractivity contribution in [2.75, 3.05) is 20.2 Å². The normalized spacial score (nSPS) is 14.6. The first-order chi connectivity index (χ1) is 19.6. The van der Waals surface area contributed by atoms with Crippen LogP contribution in [0.1, 0.15) is 52.2 Å². The van der Waals surface area contributed by atoms with Gasteiger partial charge in [0.15, 0.2) is 11.3 Å². The van der Waals surface area contributed by atoms with Crippen molar-refractivity contribution in [1.82, 2.24) is 34.0 Å². The van der Waals surface area contributed by atoms with Gasteiger partial charge >= 0.3 is 5.69 Å². The zero-order valence-corrected chi connectivity index (χ0v) is 24.0. The van der Waals surface area contributed by atoms with Gasteiger partial charge in [0.05, 0.1) is 37.7 Å². The summed E-state index contributed by atoms with van der Waals surface area (Å²) >= 11 is 0. The molecule has 1 saturated heterocycles. The Morgan fingerprint density at radius 1 is 1.02 bits per heavy atom. The second kappa shape index (κ2) is 11.3. The third kappa shape index (κ3) is 5.26. The molecule has 0 unspecified atom stereocenters. The van der Waals surface area contributed by atoms with Crippen molar-refractivity contribution in [2.24, 2.45) is 0 Å². The summed E-state index contributed by atoms with van der Waals surface area (Å²) in [5.41, 5.74) is -1.67. The molecule has 1 atom stereocenters. The van der Waals surface area contributed by atoms with Gasteiger partial charge in [-0.25, -0.2) is 14.3 Å². The van der Waals surface area contributed by atoms with Crippen molar-refractivity contribution in [2.45, 2.75) is 64.8 Å². The smallest absolute Gasteiger partial charge is 0.332 e. The topological polar surface area (TPSA) is 126 Å². The number of hydrogen-bond donors (Lipinski definition) is 0. The molecule has 0 N–H and O–H groups in total. The van der Waals surface area contributed by atoms with Crippen LogP contribution in [0, 0.1) is 0 Å². The predicted molar refractivity (Wildman–Crippen MR) is 152 cm³/mol. The number of ether oxygens (including phenoxy) is 2. The minimum Gasteiger partial charge on any atom is -0.496 e. The quantitative estimate of drug-likeness (QED) is 0.305. The Hall–Kier alpha value is -4.32. The molecule has 0 saturated carbocycles. The highest BCUT2D eigenvalue weighted by molar-refractivity contribution is 5.84. The first kappa shape index (κ1) is 28.2. The summed E-state index contributed by atoms with van der Waals surface area (Å²) in [7, 11) is 1.58. The van der Waals surface area contributed by atoms with E-state index in [0.717, 1.165) is 23.0 Å². The second-order valence-electron chi connectivity index (χ2n) is 10.9. The SMILES string of the molecule is COc1ccccc1[C@H](Cn1c(=O)n(C(C)(C)C(=O)N2CCCC2)c(=O)c2nc(-n3nccn3)ccc21)OC(C)C. The molecule has 1 aromatic carbocycles. The number of likely N-dealkylation sites (tertiary alicyclic amines) is 1. The van der Waals surface area contributed by atoms with Crippen LogP contribution in [-0.4, -0.2) is 66.2 Å². The molecule has 12 nitrogen and oxygen atoms in total. The van der Waals surface area contributed by atoms with Crippen LogP contribution in [0.25, 0.3) is 16.9 Å². The molecule has 1 amide bonds. The van der Waals surface area contributed by atoms with Gasteiger partial charge in [-0.2, -0.15) is 10.2 Å². The lowest BCUT2D eigenvalue weighted by Gasteiger charge is -2.31. The number of pyridine rings is 1. The van der Waals surface area contributed by atoms with Gasteiger partial charge in [-0.15, -0.1) is 4.80 Å². The number of methoxy groups -OCH3 is 1. The molecular formula is C29H35N7O5. The Morgan fingerprint density at radius 3 is 2.37 bits per heavy atom.